The van der Waals surface area contributed by atoms with Crippen LogP contribution in [0.5, 0.6) is 5.88 Å². The molecule has 1 aliphatic rings. The molecule has 0 aliphatic heterocycles. The van der Waals surface area contributed by atoms with E-state index in [2.05, 4.69) is 10.3 Å². The van der Waals surface area contributed by atoms with Crippen LogP contribution in [-0.4, -0.2) is 29.2 Å². The van der Waals surface area contributed by atoms with Crippen LogP contribution in [0.25, 0.3) is 0 Å². The highest BCUT2D eigenvalue weighted by atomic mass is 16.5. The Hall–Kier alpha value is -1.62. The maximum Gasteiger partial charge on any atom is 0.217 e. The lowest BCUT2D eigenvalue weighted by Crippen LogP contribution is -2.40. The van der Waals surface area contributed by atoms with E-state index >= 15 is 0 Å². The number of carbonyl (C=O) groups is 1. The van der Waals surface area contributed by atoms with E-state index in [1.54, 1.807) is 19.4 Å². The first-order chi connectivity index (χ1) is 8.60. The lowest BCUT2D eigenvalue weighted by molar-refractivity contribution is -0.120. The number of aliphatic hydroxyl groups excluding tert-OH is 1. The molecule has 1 aromatic heterocycles. The van der Waals surface area contributed by atoms with Crippen LogP contribution in [0, 0.1) is 5.92 Å². The minimum atomic E-state index is -0.238. The lowest BCUT2D eigenvalue weighted by Gasteiger charge is -2.38. The molecule has 0 unspecified atom stereocenters. The summed E-state index contributed by atoms with van der Waals surface area (Å²) >= 11 is 0. The van der Waals surface area contributed by atoms with Gasteiger partial charge in [0.25, 0.3) is 0 Å². The number of pyridine rings is 1. The van der Waals surface area contributed by atoms with Gasteiger partial charge in [0.15, 0.2) is 0 Å². The first-order valence-corrected chi connectivity index (χ1v) is 6.05. The minimum Gasteiger partial charge on any atom is -0.481 e. The van der Waals surface area contributed by atoms with Gasteiger partial charge in [-0.3, -0.25) is 4.79 Å². The third-order valence-corrected chi connectivity index (χ3v) is 3.31. The van der Waals surface area contributed by atoms with Crippen molar-refractivity contribution in [2.45, 2.75) is 31.9 Å². The van der Waals surface area contributed by atoms with Crippen LogP contribution < -0.4 is 10.1 Å². The predicted molar refractivity (Wildman–Crippen MR) is 66.1 cm³/mol. The number of hydrogen-bond acceptors (Lipinski definition) is 4. The van der Waals surface area contributed by atoms with Gasteiger partial charge >= 0.3 is 0 Å². The van der Waals surface area contributed by atoms with Crippen molar-refractivity contribution in [3.8, 4) is 5.88 Å². The summed E-state index contributed by atoms with van der Waals surface area (Å²) in [7, 11) is 1.57. The second kappa shape index (κ2) is 5.35. The minimum absolute atomic E-state index is 0.0720. The fourth-order valence-electron chi connectivity index (χ4n) is 2.29. The van der Waals surface area contributed by atoms with Crippen molar-refractivity contribution in [1.82, 2.24) is 10.3 Å². The van der Waals surface area contributed by atoms with E-state index in [1.165, 1.54) is 6.92 Å². The molecule has 0 aromatic carbocycles. The Morgan fingerprint density at radius 3 is 2.72 bits per heavy atom. The van der Waals surface area contributed by atoms with Crippen LogP contribution in [0.2, 0.25) is 0 Å². The van der Waals surface area contributed by atoms with Gasteiger partial charge in [-0.25, -0.2) is 4.98 Å². The van der Waals surface area contributed by atoms with E-state index in [0.717, 1.165) is 18.4 Å². The molecule has 2 N–H and O–H groups in total. The molecule has 1 fully saturated rings. The van der Waals surface area contributed by atoms with E-state index in [0.29, 0.717) is 5.88 Å². The molecule has 1 saturated carbocycles. The number of methoxy groups -OCH3 is 1. The first-order valence-electron chi connectivity index (χ1n) is 6.05. The highest BCUT2D eigenvalue weighted by Crippen LogP contribution is 2.38. The first kappa shape index (κ1) is 12.8. The standard InChI is InChI=1S/C13H18N2O3/c1-8(16)15-13(10-5-11(17)6-10)9-3-4-12(18-2)14-7-9/h3-4,7,10-11,13,17H,5-6H2,1-2H3,(H,15,16)/t10?,11?,13-/m0/s1. The number of carbonyl (C=O) groups excluding carboxylic acids is 1. The van der Waals surface area contributed by atoms with Crippen LogP contribution >= 0.6 is 0 Å². The van der Waals surface area contributed by atoms with Gasteiger partial charge < -0.3 is 15.2 Å². The fourth-order valence-corrected chi connectivity index (χ4v) is 2.29. The lowest BCUT2D eigenvalue weighted by atomic mass is 9.75. The van der Waals surface area contributed by atoms with Gasteiger partial charge in [-0.2, -0.15) is 0 Å². The Balaban J connectivity index is 2.13. The molecule has 1 atom stereocenters. The normalized spacial score (nSPS) is 23.9. The Morgan fingerprint density at radius 1 is 1.56 bits per heavy atom. The summed E-state index contributed by atoms with van der Waals surface area (Å²) in [5.74, 6) is 0.755. The monoisotopic (exact) mass is 250 g/mol. The van der Waals surface area contributed by atoms with Crippen molar-refractivity contribution < 1.29 is 14.6 Å². The van der Waals surface area contributed by atoms with Crippen LogP contribution in [-0.2, 0) is 4.79 Å². The van der Waals surface area contributed by atoms with Gasteiger partial charge in [-0.15, -0.1) is 0 Å². The molecule has 1 heterocycles. The molecule has 98 valence electrons. The summed E-state index contributed by atoms with van der Waals surface area (Å²) in [5.41, 5.74) is 0.947. The summed E-state index contributed by atoms with van der Waals surface area (Å²) < 4.78 is 5.01. The second-order valence-corrected chi connectivity index (χ2v) is 4.70. The zero-order chi connectivity index (χ0) is 13.1. The van der Waals surface area contributed by atoms with Gasteiger partial charge in [0.05, 0.1) is 19.3 Å². The molecule has 0 bridgehead atoms. The Kier molecular flexibility index (Phi) is 3.81. The van der Waals surface area contributed by atoms with E-state index < -0.39 is 0 Å². The van der Waals surface area contributed by atoms with E-state index in [-0.39, 0.29) is 24.0 Å². The van der Waals surface area contributed by atoms with E-state index in [4.69, 9.17) is 4.74 Å². The number of nitrogens with zero attached hydrogens (tertiary/aromatic N) is 1. The maximum absolute atomic E-state index is 11.3. The average molecular weight is 250 g/mol. The topological polar surface area (TPSA) is 71.5 Å². The van der Waals surface area contributed by atoms with Crippen molar-refractivity contribution in [3.63, 3.8) is 0 Å². The summed E-state index contributed by atoms with van der Waals surface area (Å²) in [6, 6.07) is 3.60. The molecule has 18 heavy (non-hydrogen) atoms. The van der Waals surface area contributed by atoms with Crippen molar-refractivity contribution in [2.24, 2.45) is 5.92 Å². The fraction of sp³-hybridized carbons (Fsp3) is 0.538. The predicted octanol–water partition coefficient (Wildman–Crippen LogP) is 1.04. The zero-order valence-electron chi connectivity index (χ0n) is 10.6. The van der Waals surface area contributed by atoms with Crippen molar-refractivity contribution in [2.75, 3.05) is 7.11 Å². The third-order valence-electron chi connectivity index (χ3n) is 3.31. The van der Waals surface area contributed by atoms with Crippen molar-refractivity contribution in [3.05, 3.63) is 23.9 Å². The number of amides is 1. The molecule has 0 spiro atoms. The van der Waals surface area contributed by atoms with Crippen LogP contribution in [0.1, 0.15) is 31.4 Å². The SMILES string of the molecule is COc1ccc([C@H](NC(C)=O)C2CC(O)C2)cn1. The summed E-state index contributed by atoms with van der Waals surface area (Å²) in [6.45, 7) is 1.50. The molecule has 2 rings (SSSR count). The Morgan fingerprint density at radius 2 is 2.28 bits per heavy atom. The average Bonchev–Trinajstić information content (AvgIpc) is 2.32. The smallest absolute Gasteiger partial charge is 0.217 e. The van der Waals surface area contributed by atoms with Gasteiger partial charge in [0.1, 0.15) is 0 Å². The molecule has 0 saturated heterocycles. The zero-order valence-corrected chi connectivity index (χ0v) is 10.6. The number of aliphatic hydroxyl groups is 1. The summed E-state index contributed by atoms with van der Waals surface area (Å²) in [5, 5.41) is 12.3. The van der Waals surface area contributed by atoms with Gasteiger partial charge in [0.2, 0.25) is 11.8 Å². The van der Waals surface area contributed by atoms with Gasteiger partial charge in [-0.05, 0) is 24.3 Å². The highest BCUT2D eigenvalue weighted by molar-refractivity contribution is 5.73. The molecule has 1 amide bonds. The number of ether oxygens (including phenoxy) is 1. The highest BCUT2D eigenvalue weighted by Gasteiger charge is 2.35. The van der Waals surface area contributed by atoms with Crippen LogP contribution in [0.4, 0.5) is 0 Å². The largest absolute Gasteiger partial charge is 0.481 e. The Bertz CT molecular complexity index is 413. The second-order valence-electron chi connectivity index (χ2n) is 4.70. The summed E-state index contributed by atoms with van der Waals surface area (Å²) in [6.07, 6.45) is 2.91. The number of nitrogens with one attached hydrogen (secondary N) is 1. The molecular weight excluding hydrogens is 232 g/mol. The third kappa shape index (κ3) is 2.79. The number of rotatable bonds is 4. The number of aromatic nitrogens is 1. The van der Waals surface area contributed by atoms with Crippen molar-refractivity contribution in [1.29, 1.82) is 0 Å². The van der Waals surface area contributed by atoms with E-state index in [9.17, 15) is 9.90 Å². The number of hydrogen-bond donors (Lipinski definition) is 2. The van der Waals surface area contributed by atoms with Gasteiger partial charge in [0, 0.05) is 19.2 Å². The maximum atomic E-state index is 11.3. The van der Waals surface area contributed by atoms with E-state index in [1.807, 2.05) is 6.07 Å². The Labute approximate surface area is 106 Å². The molecule has 5 nitrogen and oxygen atoms in total. The molecular formula is C13H18N2O3. The summed E-state index contributed by atoms with van der Waals surface area (Å²) in [4.78, 5) is 15.4. The van der Waals surface area contributed by atoms with Crippen LogP contribution in [0.3, 0.4) is 0 Å². The quantitative estimate of drug-likeness (QED) is 0.837. The molecule has 0 radical (unpaired) electrons. The van der Waals surface area contributed by atoms with Gasteiger partial charge in [-0.1, -0.05) is 6.07 Å². The molecule has 1 aromatic rings. The molecule has 5 heteroatoms. The van der Waals surface area contributed by atoms with Crippen molar-refractivity contribution >= 4 is 5.91 Å². The molecule has 1 aliphatic carbocycles. The van der Waals surface area contributed by atoms with Crippen LogP contribution in [0.15, 0.2) is 18.3 Å².